The lowest BCUT2D eigenvalue weighted by molar-refractivity contribution is 0.0749. The van der Waals surface area contributed by atoms with Gasteiger partial charge in [0.1, 0.15) is 0 Å². The third kappa shape index (κ3) is 2.70. The highest BCUT2D eigenvalue weighted by Gasteiger charge is 2.29. The van der Waals surface area contributed by atoms with Crippen LogP contribution < -0.4 is 0 Å². The summed E-state index contributed by atoms with van der Waals surface area (Å²) in [5, 5.41) is 0.944. The number of nitrogens with zero attached hydrogens (tertiary/aromatic N) is 1. The van der Waals surface area contributed by atoms with Crippen LogP contribution in [-0.2, 0) is 0 Å². The average molecular weight is 293 g/mol. The van der Waals surface area contributed by atoms with Crippen LogP contribution in [0.25, 0.3) is 0 Å². The van der Waals surface area contributed by atoms with E-state index in [9.17, 15) is 4.79 Å². The molecule has 0 N–H and O–H groups in total. The minimum Gasteiger partial charge on any atom is -0.334 e. The van der Waals surface area contributed by atoms with Gasteiger partial charge in [0.2, 0.25) is 0 Å². The Morgan fingerprint density at radius 1 is 1.41 bits per heavy atom. The van der Waals surface area contributed by atoms with Crippen molar-refractivity contribution >= 4 is 40.7 Å². The zero-order valence-electron chi connectivity index (χ0n) is 9.13. The molecule has 1 aromatic rings. The molecule has 1 amide bonds. The zero-order chi connectivity index (χ0) is 12.4. The van der Waals surface area contributed by atoms with Crippen molar-refractivity contribution in [2.45, 2.75) is 18.9 Å². The lowest BCUT2D eigenvalue weighted by Crippen LogP contribution is -2.36. The summed E-state index contributed by atoms with van der Waals surface area (Å²) in [4.78, 5) is 14.1. The van der Waals surface area contributed by atoms with Gasteiger partial charge in [-0.2, -0.15) is 0 Å². The quantitative estimate of drug-likeness (QED) is 0.759. The first-order valence-electron chi connectivity index (χ1n) is 5.45. The highest BCUT2D eigenvalue weighted by atomic mass is 35.5. The van der Waals surface area contributed by atoms with Gasteiger partial charge < -0.3 is 4.90 Å². The smallest absolute Gasteiger partial charge is 0.255 e. The van der Waals surface area contributed by atoms with Gasteiger partial charge >= 0.3 is 0 Å². The Labute approximate surface area is 115 Å². The third-order valence-electron chi connectivity index (χ3n) is 2.97. The second-order valence-corrected chi connectivity index (χ2v) is 5.23. The van der Waals surface area contributed by atoms with Crippen LogP contribution in [0, 0.1) is 0 Å². The van der Waals surface area contributed by atoms with Gasteiger partial charge in [-0.05, 0) is 31.0 Å². The summed E-state index contributed by atoms with van der Waals surface area (Å²) in [6, 6.07) is 5.03. The molecule has 0 aromatic heterocycles. The maximum Gasteiger partial charge on any atom is 0.255 e. The largest absolute Gasteiger partial charge is 0.334 e. The summed E-state index contributed by atoms with van der Waals surface area (Å²) in [5.41, 5.74) is 0.455. The SMILES string of the molecule is O=C(c1cc(Cl)ccc1Cl)N1CCCC1CCl. The fourth-order valence-electron chi connectivity index (χ4n) is 2.08. The Balaban J connectivity index is 2.27. The first-order chi connectivity index (χ1) is 8.13. The summed E-state index contributed by atoms with van der Waals surface area (Å²) in [6.07, 6.45) is 1.94. The summed E-state index contributed by atoms with van der Waals surface area (Å²) < 4.78 is 0. The second kappa shape index (κ2) is 5.47. The average Bonchev–Trinajstić information content (AvgIpc) is 2.79. The molecule has 1 fully saturated rings. The van der Waals surface area contributed by atoms with Crippen LogP contribution in [0.5, 0.6) is 0 Å². The predicted molar refractivity (Wildman–Crippen MR) is 71.2 cm³/mol. The number of hydrogen-bond donors (Lipinski definition) is 0. The molecule has 2 rings (SSSR count). The van der Waals surface area contributed by atoms with E-state index < -0.39 is 0 Å². The van der Waals surface area contributed by atoms with Crippen LogP contribution in [0.1, 0.15) is 23.2 Å². The fourth-order valence-corrected chi connectivity index (χ4v) is 2.77. The summed E-state index contributed by atoms with van der Waals surface area (Å²) in [6.45, 7) is 0.735. The molecule has 0 saturated carbocycles. The van der Waals surface area contributed by atoms with Crippen LogP contribution in [0.4, 0.5) is 0 Å². The van der Waals surface area contributed by atoms with Crippen molar-refractivity contribution in [1.29, 1.82) is 0 Å². The van der Waals surface area contributed by atoms with Crippen LogP contribution in [0.15, 0.2) is 18.2 Å². The highest BCUT2D eigenvalue weighted by molar-refractivity contribution is 6.35. The minimum atomic E-state index is -0.0827. The normalized spacial score (nSPS) is 19.7. The van der Waals surface area contributed by atoms with Crippen molar-refractivity contribution < 1.29 is 4.79 Å². The monoisotopic (exact) mass is 291 g/mol. The van der Waals surface area contributed by atoms with E-state index in [4.69, 9.17) is 34.8 Å². The molecular formula is C12H12Cl3NO. The maximum atomic E-state index is 12.3. The number of hydrogen-bond acceptors (Lipinski definition) is 1. The third-order valence-corrected chi connectivity index (χ3v) is 3.90. The number of amides is 1. The van der Waals surface area contributed by atoms with E-state index in [2.05, 4.69) is 0 Å². The van der Waals surface area contributed by atoms with Gasteiger partial charge in [-0.25, -0.2) is 0 Å². The second-order valence-electron chi connectivity index (χ2n) is 4.07. The number of carbonyl (C=O) groups excluding carboxylic acids is 1. The van der Waals surface area contributed by atoms with Crippen molar-refractivity contribution in [3.05, 3.63) is 33.8 Å². The molecule has 92 valence electrons. The molecular weight excluding hydrogens is 280 g/mol. The van der Waals surface area contributed by atoms with Gasteiger partial charge in [-0.15, -0.1) is 11.6 Å². The van der Waals surface area contributed by atoms with Gasteiger partial charge in [0.15, 0.2) is 0 Å². The van der Waals surface area contributed by atoms with Gasteiger partial charge in [0.05, 0.1) is 10.6 Å². The van der Waals surface area contributed by atoms with E-state index in [-0.39, 0.29) is 11.9 Å². The molecule has 1 saturated heterocycles. The first kappa shape index (κ1) is 13.0. The van der Waals surface area contributed by atoms with Crippen molar-refractivity contribution in [1.82, 2.24) is 4.90 Å². The molecule has 1 unspecified atom stereocenters. The topological polar surface area (TPSA) is 20.3 Å². The van der Waals surface area contributed by atoms with E-state index in [0.717, 1.165) is 19.4 Å². The van der Waals surface area contributed by atoms with Crippen molar-refractivity contribution in [2.24, 2.45) is 0 Å². The molecule has 0 aliphatic carbocycles. The number of rotatable bonds is 2. The first-order valence-corrected chi connectivity index (χ1v) is 6.74. The molecule has 1 heterocycles. The minimum absolute atomic E-state index is 0.0827. The number of halogens is 3. The summed E-state index contributed by atoms with van der Waals surface area (Å²) >= 11 is 17.8. The molecule has 0 bridgehead atoms. The standard InChI is InChI=1S/C12H12Cl3NO/c13-7-9-2-1-5-16(9)12(17)10-6-8(14)3-4-11(10)15/h3-4,6,9H,1-2,5,7H2. The lowest BCUT2D eigenvalue weighted by atomic mass is 10.2. The Bertz CT molecular complexity index is 436. The Kier molecular flexibility index (Phi) is 4.18. The Hall–Kier alpha value is -0.440. The zero-order valence-corrected chi connectivity index (χ0v) is 11.4. The number of likely N-dealkylation sites (tertiary alicyclic amines) is 1. The molecule has 0 radical (unpaired) electrons. The van der Waals surface area contributed by atoms with Crippen LogP contribution in [0.2, 0.25) is 10.0 Å². The molecule has 2 nitrogen and oxygen atoms in total. The number of carbonyl (C=O) groups is 1. The van der Waals surface area contributed by atoms with Crippen molar-refractivity contribution in [3.8, 4) is 0 Å². The van der Waals surface area contributed by atoms with Crippen LogP contribution in [0.3, 0.4) is 0 Å². The van der Waals surface area contributed by atoms with E-state index in [1.165, 1.54) is 0 Å². The van der Waals surface area contributed by atoms with Crippen molar-refractivity contribution in [3.63, 3.8) is 0 Å². The molecule has 5 heteroatoms. The summed E-state index contributed by atoms with van der Waals surface area (Å²) in [5.74, 6) is 0.379. The van der Waals surface area contributed by atoms with Gasteiger partial charge in [-0.3, -0.25) is 4.79 Å². The van der Waals surface area contributed by atoms with Crippen molar-refractivity contribution in [2.75, 3.05) is 12.4 Å². The Morgan fingerprint density at radius 3 is 2.88 bits per heavy atom. The highest BCUT2D eigenvalue weighted by Crippen LogP contribution is 2.26. The van der Waals surface area contributed by atoms with Gasteiger partial charge in [0.25, 0.3) is 5.91 Å². The molecule has 17 heavy (non-hydrogen) atoms. The summed E-state index contributed by atoms with van der Waals surface area (Å²) in [7, 11) is 0. The lowest BCUT2D eigenvalue weighted by Gasteiger charge is -2.23. The number of alkyl halides is 1. The molecule has 1 aliphatic rings. The Morgan fingerprint density at radius 2 is 2.18 bits per heavy atom. The van der Waals surface area contributed by atoms with Crippen LogP contribution in [-0.4, -0.2) is 29.3 Å². The molecule has 0 spiro atoms. The van der Waals surface area contributed by atoms with Gasteiger partial charge in [-0.1, -0.05) is 23.2 Å². The maximum absolute atomic E-state index is 12.3. The molecule has 1 aromatic carbocycles. The fraction of sp³-hybridized carbons (Fsp3) is 0.417. The molecule has 1 atom stereocenters. The van der Waals surface area contributed by atoms with E-state index in [0.29, 0.717) is 21.5 Å². The van der Waals surface area contributed by atoms with E-state index >= 15 is 0 Å². The number of benzene rings is 1. The van der Waals surface area contributed by atoms with E-state index in [1.807, 2.05) is 0 Å². The van der Waals surface area contributed by atoms with Crippen LogP contribution >= 0.6 is 34.8 Å². The van der Waals surface area contributed by atoms with Gasteiger partial charge in [0, 0.05) is 23.5 Å². The molecule has 1 aliphatic heterocycles. The predicted octanol–water partition coefficient (Wildman–Crippen LogP) is 3.84. The van der Waals surface area contributed by atoms with E-state index in [1.54, 1.807) is 23.1 Å².